The third-order valence-electron chi connectivity index (χ3n) is 3.54. The predicted molar refractivity (Wildman–Crippen MR) is 75.5 cm³/mol. The Bertz CT molecular complexity index is 653. The lowest BCUT2D eigenvalue weighted by molar-refractivity contribution is -0.0370. The summed E-state index contributed by atoms with van der Waals surface area (Å²) in [6, 6.07) is 0. The van der Waals surface area contributed by atoms with Gasteiger partial charge in [0.05, 0.1) is 6.20 Å². The number of aromatic amines is 1. The Morgan fingerprint density at radius 3 is 3.05 bits per heavy atom. The highest BCUT2D eigenvalue weighted by molar-refractivity contribution is 5.73. The zero-order valence-electron chi connectivity index (χ0n) is 11.9. The van der Waals surface area contributed by atoms with Gasteiger partial charge in [0.15, 0.2) is 11.9 Å². The van der Waals surface area contributed by atoms with E-state index in [1.807, 2.05) is 0 Å². The smallest absolute Gasteiger partial charge is 0.262 e. The van der Waals surface area contributed by atoms with Crippen LogP contribution in [0.25, 0.3) is 11.0 Å². The van der Waals surface area contributed by atoms with E-state index in [0.717, 1.165) is 38.1 Å². The number of nitrogens with one attached hydrogen (secondary N) is 1. The summed E-state index contributed by atoms with van der Waals surface area (Å²) in [5, 5.41) is 4.84. The fourth-order valence-electron chi connectivity index (χ4n) is 2.59. The van der Waals surface area contributed by atoms with Gasteiger partial charge in [-0.15, -0.1) is 0 Å². The van der Waals surface area contributed by atoms with Gasteiger partial charge in [-0.1, -0.05) is 13.8 Å². The maximum absolute atomic E-state index is 12.1. The van der Waals surface area contributed by atoms with E-state index in [0.29, 0.717) is 17.0 Å². The molecule has 0 amide bonds. The number of hydrogen-bond donors (Lipinski definition) is 1. The van der Waals surface area contributed by atoms with Gasteiger partial charge < -0.3 is 9.72 Å². The summed E-state index contributed by atoms with van der Waals surface area (Å²) < 4.78 is 7.50. The molecule has 1 N–H and O–H groups in total. The molecule has 3 rings (SSSR count). The van der Waals surface area contributed by atoms with Gasteiger partial charge in [0.1, 0.15) is 11.2 Å². The van der Waals surface area contributed by atoms with Crippen LogP contribution in [-0.4, -0.2) is 26.4 Å². The van der Waals surface area contributed by atoms with Crippen LogP contribution in [0.4, 0.5) is 0 Å². The van der Waals surface area contributed by atoms with E-state index in [1.54, 1.807) is 10.9 Å². The molecule has 6 nitrogen and oxygen atoms in total. The molecule has 2 aromatic heterocycles. The standard InChI is InChI=1S/C14H20N4O2/c1-9(2)7-11-16-13-10(14(19)17-11)8-15-18(13)12-5-3-4-6-20-12/h8-9,12H,3-7H2,1-2H3,(H,16,17,19). The van der Waals surface area contributed by atoms with Crippen LogP contribution in [0.1, 0.15) is 45.2 Å². The van der Waals surface area contributed by atoms with E-state index in [4.69, 9.17) is 4.74 Å². The second kappa shape index (κ2) is 5.36. The molecule has 1 aliphatic heterocycles. The second-order valence-corrected chi connectivity index (χ2v) is 5.76. The van der Waals surface area contributed by atoms with Crippen molar-refractivity contribution >= 4 is 11.0 Å². The SMILES string of the molecule is CC(C)Cc1nc2c(cnn2C2CCCCO2)c(=O)[nH]1. The summed E-state index contributed by atoms with van der Waals surface area (Å²) in [6.07, 6.45) is 5.36. The molecule has 0 bridgehead atoms. The Balaban J connectivity index is 2.04. The molecule has 0 aromatic carbocycles. The molecular weight excluding hydrogens is 256 g/mol. The number of H-pyrrole nitrogens is 1. The van der Waals surface area contributed by atoms with Crippen molar-refractivity contribution < 1.29 is 4.74 Å². The van der Waals surface area contributed by atoms with Gasteiger partial charge in [-0.25, -0.2) is 9.67 Å². The van der Waals surface area contributed by atoms with Gasteiger partial charge in [-0.05, 0) is 25.2 Å². The van der Waals surface area contributed by atoms with Crippen LogP contribution < -0.4 is 5.56 Å². The van der Waals surface area contributed by atoms with E-state index in [9.17, 15) is 4.79 Å². The molecule has 1 aliphatic rings. The highest BCUT2D eigenvalue weighted by atomic mass is 16.5. The number of hydrogen-bond acceptors (Lipinski definition) is 4. The van der Waals surface area contributed by atoms with Crippen LogP contribution in [0.15, 0.2) is 11.0 Å². The average molecular weight is 276 g/mol. The number of aromatic nitrogens is 4. The van der Waals surface area contributed by atoms with Gasteiger partial charge >= 0.3 is 0 Å². The maximum atomic E-state index is 12.1. The molecule has 1 saturated heterocycles. The first-order chi connectivity index (χ1) is 9.65. The predicted octanol–water partition coefficient (Wildman–Crippen LogP) is 2.02. The van der Waals surface area contributed by atoms with Crippen molar-refractivity contribution in [3.05, 3.63) is 22.4 Å². The zero-order valence-corrected chi connectivity index (χ0v) is 11.9. The summed E-state index contributed by atoms with van der Waals surface area (Å²) in [6.45, 7) is 4.95. The van der Waals surface area contributed by atoms with Gasteiger partial charge in [-0.3, -0.25) is 4.79 Å². The van der Waals surface area contributed by atoms with Crippen molar-refractivity contribution in [2.45, 2.75) is 45.8 Å². The molecule has 0 spiro atoms. The van der Waals surface area contributed by atoms with Crippen molar-refractivity contribution in [2.75, 3.05) is 6.61 Å². The Labute approximate surface area is 117 Å². The first kappa shape index (κ1) is 13.3. The summed E-state index contributed by atoms with van der Waals surface area (Å²) >= 11 is 0. The lowest BCUT2D eigenvalue weighted by Gasteiger charge is -2.23. The van der Waals surface area contributed by atoms with Crippen LogP contribution in [-0.2, 0) is 11.2 Å². The van der Waals surface area contributed by atoms with Crippen molar-refractivity contribution in [3.8, 4) is 0 Å². The summed E-state index contributed by atoms with van der Waals surface area (Å²) in [5.74, 6) is 1.16. The Morgan fingerprint density at radius 1 is 1.50 bits per heavy atom. The summed E-state index contributed by atoms with van der Waals surface area (Å²) in [7, 11) is 0. The van der Waals surface area contributed by atoms with Gasteiger partial charge in [0.2, 0.25) is 0 Å². The Morgan fingerprint density at radius 2 is 2.35 bits per heavy atom. The molecule has 6 heteroatoms. The largest absolute Gasteiger partial charge is 0.356 e. The first-order valence-electron chi connectivity index (χ1n) is 7.23. The van der Waals surface area contributed by atoms with Crippen molar-refractivity contribution in [1.82, 2.24) is 19.7 Å². The first-order valence-corrected chi connectivity index (χ1v) is 7.23. The van der Waals surface area contributed by atoms with E-state index < -0.39 is 0 Å². The normalized spacial score (nSPS) is 19.9. The van der Waals surface area contributed by atoms with Crippen LogP contribution in [0, 0.1) is 5.92 Å². The van der Waals surface area contributed by atoms with Crippen molar-refractivity contribution in [3.63, 3.8) is 0 Å². The van der Waals surface area contributed by atoms with Gasteiger partial charge in [-0.2, -0.15) is 5.10 Å². The molecule has 2 aromatic rings. The summed E-state index contributed by atoms with van der Waals surface area (Å²) in [5.41, 5.74) is 0.518. The number of fused-ring (bicyclic) bond motifs is 1. The zero-order chi connectivity index (χ0) is 14.1. The monoisotopic (exact) mass is 276 g/mol. The molecule has 1 unspecified atom stereocenters. The molecule has 0 aliphatic carbocycles. The number of nitrogens with zero attached hydrogens (tertiary/aromatic N) is 3. The number of rotatable bonds is 3. The molecule has 108 valence electrons. The molecule has 0 saturated carbocycles. The van der Waals surface area contributed by atoms with Crippen LogP contribution in [0.3, 0.4) is 0 Å². The highest BCUT2D eigenvalue weighted by Crippen LogP contribution is 2.24. The van der Waals surface area contributed by atoms with Crippen LogP contribution in [0.2, 0.25) is 0 Å². The molecule has 20 heavy (non-hydrogen) atoms. The van der Waals surface area contributed by atoms with E-state index in [2.05, 4.69) is 28.9 Å². The lowest BCUT2D eigenvalue weighted by atomic mass is 10.1. The topological polar surface area (TPSA) is 72.8 Å². The van der Waals surface area contributed by atoms with E-state index >= 15 is 0 Å². The van der Waals surface area contributed by atoms with Crippen molar-refractivity contribution in [2.24, 2.45) is 5.92 Å². The van der Waals surface area contributed by atoms with Gasteiger partial charge in [0, 0.05) is 13.0 Å². The second-order valence-electron chi connectivity index (χ2n) is 5.76. The van der Waals surface area contributed by atoms with Gasteiger partial charge in [0.25, 0.3) is 5.56 Å². The quantitative estimate of drug-likeness (QED) is 0.930. The molecule has 1 atom stereocenters. The van der Waals surface area contributed by atoms with Crippen LogP contribution in [0.5, 0.6) is 0 Å². The Hall–Kier alpha value is -1.69. The maximum Gasteiger partial charge on any atom is 0.262 e. The van der Waals surface area contributed by atoms with Crippen LogP contribution >= 0.6 is 0 Å². The average Bonchev–Trinajstić information content (AvgIpc) is 2.83. The minimum atomic E-state index is -0.118. The lowest BCUT2D eigenvalue weighted by Crippen LogP contribution is -2.21. The Kier molecular flexibility index (Phi) is 3.56. The minimum Gasteiger partial charge on any atom is -0.356 e. The molecule has 1 fully saturated rings. The fourth-order valence-corrected chi connectivity index (χ4v) is 2.59. The number of ether oxygens (including phenoxy) is 1. The minimum absolute atomic E-state index is 0.0950. The molecule has 3 heterocycles. The molecular formula is C14H20N4O2. The third kappa shape index (κ3) is 2.47. The van der Waals surface area contributed by atoms with E-state index in [1.165, 1.54) is 0 Å². The molecule has 0 radical (unpaired) electrons. The fraction of sp³-hybridized carbons (Fsp3) is 0.643. The summed E-state index contributed by atoms with van der Waals surface area (Å²) in [4.78, 5) is 19.5. The van der Waals surface area contributed by atoms with E-state index in [-0.39, 0.29) is 11.8 Å². The van der Waals surface area contributed by atoms with Crippen molar-refractivity contribution in [1.29, 1.82) is 0 Å². The highest BCUT2D eigenvalue weighted by Gasteiger charge is 2.20. The third-order valence-corrected chi connectivity index (χ3v) is 3.54.